The van der Waals surface area contributed by atoms with Crippen LogP contribution in [0.15, 0.2) is 42.5 Å². The number of nitro benzene ring substituents is 1. The lowest BCUT2D eigenvalue weighted by Crippen LogP contribution is -2.14. The van der Waals surface area contributed by atoms with Gasteiger partial charge in [-0.05, 0) is 37.6 Å². The van der Waals surface area contributed by atoms with Crippen LogP contribution in [0.2, 0.25) is 5.02 Å². The van der Waals surface area contributed by atoms with Crippen molar-refractivity contribution in [1.82, 2.24) is 4.98 Å². The van der Waals surface area contributed by atoms with Crippen LogP contribution in [0.25, 0.3) is 10.9 Å². The van der Waals surface area contributed by atoms with Gasteiger partial charge in [0.25, 0.3) is 5.69 Å². The van der Waals surface area contributed by atoms with Crippen LogP contribution in [0, 0.1) is 10.1 Å². The molecule has 0 saturated heterocycles. The van der Waals surface area contributed by atoms with Gasteiger partial charge in [-0.1, -0.05) is 23.7 Å². The standard InChI is InChI=1S/C20H19ClN2O5/c1-12(2)28-20(24)19-17(11-27-10-13-3-5-14(21)6-4-13)16-9-15(23(25)26)7-8-18(16)22-19/h3-9,12,22H,10-11H2,1-2H3. The van der Waals surface area contributed by atoms with Crippen LogP contribution in [-0.4, -0.2) is 22.0 Å². The van der Waals surface area contributed by atoms with E-state index in [1.54, 1.807) is 32.0 Å². The van der Waals surface area contributed by atoms with E-state index in [0.717, 1.165) is 5.56 Å². The number of halogens is 1. The summed E-state index contributed by atoms with van der Waals surface area (Å²) >= 11 is 5.88. The Kier molecular flexibility index (Phi) is 5.96. The summed E-state index contributed by atoms with van der Waals surface area (Å²) in [6, 6.07) is 11.6. The number of H-pyrrole nitrogens is 1. The summed E-state index contributed by atoms with van der Waals surface area (Å²) < 4.78 is 11.1. The molecule has 1 heterocycles. The van der Waals surface area contributed by atoms with E-state index in [4.69, 9.17) is 21.1 Å². The second-order valence-electron chi connectivity index (χ2n) is 6.54. The molecule has 0 aliphatic carbocycles. The summed E-state index contributed by atoms with van der Waals surface area (Å²) in [5.74, 6) is -0.529. The van der Waals surface area contributed by atoms with E-state index in [2.05, 4.69) is 4.98 Å². The lowest BCUT2D eigenvalue weighted by molar-refractivity contribution is -0.384. The van der Waals surface area contributed by atoms with Crippen molar-refractivity contribution in [1.29, 1.82) is 0 Å². The van der Waals surface area contributed by atoms with Gasteiger partial charge in [0.2, 0.25) is 0 Å². The van der Waals surface area contributed by atoms with Crippen molar-refractivity contribution in [2.45, 2.75) is 33.2 Å². The molecule has 28 heavy (non-hydrogen) atoms. The van der Waals surface area contributed by atoms with Crippen molar-refractivity contribution in [3.05, 3.63) is 74.4 Å². The summed E-state index contributed by atoms with van der Waals surface area (Å²) in [6.45, 7) is 3.90. The van der Waals surface area contributed by atoms with Gasteiger partial charge in [0, 0.05) is 33.6 Å². The van der Waals surface area contributed by atoms with Gasteiger partial charge in [0.15, 0.2) is 0 Å². The molecule has 7 nitrogen and oxygen atoms in total. The number of carbonyl (C=O) groups is 1. The summed E-state index contributed by atoms with van der Waals surface area (Å²) in [5, 5.41) is 12.3. The number of ether oxygens (including phenoxy) is 2. The summed E-state index contributed by atoms with van der Waals surface area (Å²) in [4.78, 5) is 26.1. The molecule has 0 aliphatic rings. The predicted molar refractivity (Wildman–Crippen MR) is 105 cm³/mol. The highest BCUT2D eigenvalue weighted by atomic mass is 35.5. The quantitative estimate of drug-likeness (QED) is 0.340. The summed E-state index contributed by atoms with van der Waals surface area (Å²) in [6.07, 6.45) is -0.295. The van der Waals surface area contributed by atoms with E-state index in [-0.39, 0.29) is 24.1 Å². The molecule has 146 valence electrons. The Hall–Kier alpha value is -2.90. The molecular formula is C20H19ClN2O5. The fraction of sp³-hybridized carbons (Fsp3) is 0.250. The van der Waals surface area contributed by atoms with Crippen molar-refractivity contribution in [3.63, 3.8) is 0 Å². The number of aromatic nitrogens is 1. The highest BCUT2D eigenvalue weighted by Gasteiger charge is 2.22. The normalized spacial score (nSPS) is 11.1. The molecule has 0 unspecified atom stereocenters. The molecule has 0 fully saturated rings. The number of nitrogens with zero attached hydrogens (tertiary/aromatic N) is 1. The van der Waals surface area contributed by atoms with E-state index in [1.165, 1.54) is 12.1 Å². The van der Waals surface area contributed by atoms with Crippen molar-refractivity contribution in [2.75, 3.05) is 0 Å². The minimum atomic E-state index is -0.529. The third-order valence-corrected chi connectivity index (χ3v) is 4.33. The Morgan fingerprint density at radius 3 is 2.54 bits per heavy atom. The van der Waals surface area contributed by atoms with E-state index < -0.39 is 10.9 Å². The van der Waals surface area contributed by atoms with Crippen LogP contribution < -0.4 is 0 Å². The van der Waals surface area contributed by atoms with Crippen LogP contribution in [0.4, 0.5) is 5.69 Å². The zero-order chi connectivity index (χ0) is 20.3. The van der Waals surface area contributed by atoms with Crippen LogP contribution >= 0.6 is 11.6 Å². The third kappa shape index (κ3) is 4.49. The second-order valence-corrected chi connectivity index (χ2v) is 6.98. The summed E-state index contributed by atoms with van der Waals surface area (Å²) in [5.41, 5.74) is 2.22. The first-order valence-electron chi connectivity index (χ1n) is 8.67. The van der Waals surface area contributed by atoms with Gasteiger partial charge < -0.3 is 14.5 Å². The van der Waals surface area contributed by atoms with Crippen LogP contribution in [0.3, 0.4) is 0 Å². The maximum absolute atomic E-state index is 12.5. The molecule has 0 aliphatic heterocycles. The number of carbonyl (C=O) groups excluding carboxylic acids is 1. The van der Waals surface area contributed by atoms with Crippen molar-refractivity contribution in [2.24, 2.45) is 0 Å². The fourth-order valence-electron chi connectivity index (χ4n) is 2.80. The zero-order valence-electron chi connectivity index (χ0n) is 15.4. The number of benzene rings is 2. The minimum Gasteiger partial charge on any atom is -0.458 e. The van der Waals surface area contributed by atoms with Crippen molar-refractivity contribution >= 4 is 34.2 Å². The lowest BCUT2D eigenvalue weighted by Gasteiger charge is -2.09. The smallest absolute Gasteiger partial charge is 0.355 e. The number of rotatable bonds is 7. The molecular weight excluding hydrogens is 384 g/mol. The Bertz CT molecular complexity index is 1010. The van der Waals surface area contributed by atoms with Crippen LogP contribution in [0.1, 0.15) is 35.5 Å². The number of non-ortho nitro benzene ring substituents is 1. The van der Waals surface area contributed by atoms with Gasteiger partial charge in [-0.15, -0.1) is 0 Å². The number of hydrogen-bond acceptors (Lipinski definition) is 5. The number of esters is 1. The van der Waals surface area contributed by atoms with E-state index in [9.17, 15) is 14.9 Å². The zero-order valence-corrected chi connectivity index (χ0v) is 16.2. The number of nitro groups is 1. The molecule has 2 aromatic carbocycles. The van der Waals surface area contributed by atoms with Gasteiger partial charge in [-0.25, -0.2) is 4.79 Å². The highest BCUT2D eigenvalue weighted by molar-refractivity contribution is 6.30. The molecule has 0 atom stereocenters. The first-order chi connectivity index (χ1) is 13.3. The van der Waals surface area contributed by atoms with Crippen LogP contribution in [0.5, 0.6) is 0 Å². The summed E-state index contributed by atoms with van der Waals surface area (Å²) in [7, 11) is 0. The first-order valence-corrected chi connectivity index (χ1v) is 9.05. The molecule has 0 saturated carbocycles. The van der Waals surface area contributed by atoms with Crippen LogP contribution in [-0.2, 0) is 22.7 Å². The van der Waals surface area contributed by atoms with Crippen molar-refractivity contribution < 1.29 is 19.2 Å². The molecule has 1 N–H and O–H groups in total. The Labute approximate surface area is 166 Å². The van der Waals surface area contributed by atoms with Gasteiger partial charge in [0.1, 0.15) is 5.69 Å². The molecule has 3 aromatic rings. The van der Waals surface area contributed by atoms with Gasteiger partial charge in [-0.3, -0.25) is 10.1 Å². The number of hydrogen-bond donors (Lipinski definition) is 1. The second kappa shape index (κ2) is 8.41. The Morgan fingerprint density at radius 2 is 1.89 bits per heavy atom. The predicted octanol–water partition coefficient (Wildman–Crippen LogP) is 5.01. The van der Waals surface area contributed by atoms with Gasteiger partial charge in [-0.2, -0.15) is 0 Å². The topological polar surface area (TPSA) is 94.5 Å². The molecule has 0 radical (unpaired) electrons. The van der Waals surface area contributed by atoms with E-state index in [1.807, 2.05) is 12.1 Å². The lowest BCUT2D eigenvalue weighted by atomic mass is 10.1. The average Bonchev–Trinajstić information content (AvgIpc) is 3.01. The number of aromatic amines is 1. The molecule has 1 aromatic heterocycles. The average molecular weight is 403 g/mol. The number of nitrogens with one attached hydrogen (secondary N) is 1. The van der Waals surface area contributed by atoms with Crippen molar-refractivity contribution in [3.8, 4) is 0 Å². The molecule has 0 amide bonds. The number of fused-ring (bicyclic) bond motifs is 1. The SMILES string of the molecule is CC(C)OC(=O)c1[nH]c2ccc([N+](=O)[O-])cc2c1COCc1ccc(Cl)cc1. The van der Waals surface area contributed by atoms with Gasteiger partial charge >= 0.3 is 5.97 Å². The minimum absolute atomic E-state index is 0.0609. The maximum Gasteiger partial charge on any atom is 0.355 e. The largest absolute Gasteiger partial charge is 0.458 e. The molecule has 0 bridgehead atoms. The molecule has 0 spiro atoms. The Balaban J connectivity index is 1.91. The molecule has 8 heteroatoms. The monoisotopic (exact) mass is 402 g/mol. The maximum atomic E-state index is 12.5. The van der Waals surface area contributed by atoms with E-state index >= 15 is 0 Å². The molecule has 3 rings (SSSR count). The fourth-order valence-corrected chi connectivity index (χ4v) is 2.92. The van der Waals surface area contributed by atoms with E-state index in [0.29, 0.717) is 28.1 Å². The first kappa shape index (κ1) is 19.9. The Morgan fingerprint density at radius 1 is 1.18 bits per heavy atom. The van der Waals surface area contributed by atoms with Gasteiger partial charge in [0.05, 0.1) is 24.2 Å². The third-order valence-electron chi connectivity index (χ3n) is 4.08. The highest BCUT2D eigenvalue weighted by Crippen LogP contribution is 2.28.